The summed E-state index contributed by atoms with van der Waals surface area (Å²) >= 11 is 0. The molecular weight excluding hydrogens is 300 g/mol. The van der Waals surface area contributed by atoms with Crippen LogP contribution in [-0.2, 0) is 11.3 Å². The van der Waals surface area contributed by atoms with Crippen LogP contribution in [0.2, 0.25) is 0 Å². The van der Waals surface area contributed by atoms with Crippen LogP contribution in [0.25, 0.3) is 0 Å². The molecule has 0 saturated heterocycles. The van der Waals surface area contributed by atoms with Gasteiger partial charge in [-0.2, -0.15) is 0 Å². The van der Waals surface area contributed by atoms with Crippen LogP contribution in [0.1, 0.15) is 54.1 Å². The minimum absolute atomic E-state index is 0.267. The van der Waals surface area contributed by atoms with Crippen molar-refractivity contribution in [2.24, 2.45) is 0 Å². The molecule has 3 nitrogen and oxygen atoms in total. The van der Waals surface area contributed by atoms with Gasteiger partial charge in [-0.25, -0.2) is 4.79 Å². The average molecular weight is 326 g/mol. The molecule has 0 heterocycles. The number of ether oxygens (including phenoxy) is 2. The standard InChI is InChI=1S/C21H26O3/c1-3-4-5-8-15-23-21(22)18-11-13-20(14-12-18)24-16-19-10-7-6-9-17(19)2/h6-7,9-14H,3-5,8,15-16H2,1-2H3. The molecule has 0 N–H and O–H groups in total. The summed E-state index contributed by atoms with van der Waals surface area (Å²) in [5.74, 6) is 0.481. The summed E-state index contributed by atoms with van der Waals surface area (Å²) in [5, 5.41) is 0. The molecule has 128 valence electrons. The monoisotopic (exact) mass is 326 g/mol. The van der Waals surface area contributed by atoms with Gasteiger partial charge >= 0.3 is 5.97 Å². The second kappa shape index (κ2) is 9.76. The highest BCUT2D eigenvalue weighted by molar-refractivity contribution is 5.89. The molecule has 0 bridgehead atoms. The Labute approximate surface area is 144 Å². The predicted octanol–water partition coefficient (Wildman–Crippen LogP) is 5.31. The SMILES string of the molecule is CCCCCCOC(=O)c1ccc(OCc2ccccc2C)cc1. The number of carbonyl (C=O) groups is 1. The van der Waals surface area contributed by atoms with Crippen molar-refractivity contribution in [3.8, 4) is 5.75 Å². The molecule has 0 aliphatic carbocycles. The third-order valence-electron chi connectivity index (χ3n) is 3.98. The molecule has 0 radical (unpaired) electrons. The molecule has 2 aromatic carbocycles. The van der Waals surface area contributed by atoms with Crippen LogP contribution in [0.4, 0.5) is 0 Å². The summed E-state index contributed by atoms with van der Waals surface area (Å²) in [5.41, 5.74) is 2.93. The highest BCUT2D eigenvalue weighted by atomic mass is 16.5. The molecule has 2 aromatic rings. The zero-order valence-corrected chi connectivity index (χ0v) is 14.6. The number of carbonyl (C=O) groups excluding carboxylic acids is 1. The minimum atomic E-state index is -0.267. The minimum Gasteiger partial charge on any atom is -0.489 e. The Balaban J connectivity index is 1.80. The molecule has 0 unspecified atom stereocenters. The summed E-state index contributed by atoms with van der Waals surface area (Å²) in [6.45, 7) is 5.24. The van der Waals surface area contributed by atoms with E-state index >= 15 is 0 Å². The molecule has 0 spiro atoms. The molecule has 3 heteroatoms. The van der Waals surface area contributed by atoms with Gasteiger partial charge in [0.25, 0.3) is 0 Å². The van der Waals surface area contributed by atoms with Gasteiger partial charge < -0.3 is 9.47 Å². The van der Waals surface area contributed by atoms with Crippen molar-refractivity contribution >= 4 is 5.97 Å². The van der Waals surface area contributed by atoms with Gasteiger partial charge in [-0.3, -0.25) is 0 Å². The third-order valence-corrected chi connectivity index (χ3v) is 3.98. The molecular formula is C21H26O3. The third kappa shape index (κ3) is 5.73. The number of esters is 1. The van der Waals surface area contributed by atoms with Crippen molar-refractivity contribution in [3.63, 3.8) is 0 Å². The normalized spacial score (nSPS) is 10.4. The highest BCUT2D eigenvalue weighted by Gasteiger charge is 2.07. The summed E-state index contributed by atoms with van der Waals surface area (Å²) in [7, 11) is 0. The van der Waals surface area contributed by atoms with Gasteiger partial charge in [-0.05, 0) is 48.7 Å². The van der Waals surface area contributed by atoms with Gasteiger partial charge in [0.05, 0.1) is 12.2 Å². The van der Waals surface area contributed by atoms with E-state index in [1.165, 1.54) is 18.4 Å². The first kappa shape index (κ1) is 18.1. The molecule has 0 atom stereocenters. The maximum atomic E-state index is 11.9. The fourth-order valence-corrected chi connectivity index (χ4v) is 2.40. The van der Waals surface area contributed by atoms with Crippen molar-refractivity contribution in [2.45, 2.75) is 46.1 Å². The van der Waals surface area contributed by atoms with E-state index in [0.717, 1.165) is 24.2 Å². The molecule has 0 amide bonds. The number of aryl methyl sites for hydroxylation is 1. The second-order valence-corrected chi connectivity index (χ2v) is 5.94. The zero-order chi connectivity index (χ0) is 17.2. The van der Waals surface area contributed by atoms with Gasteiger partial charge in [0.2, 0.25) is 0 Å². The Morgan fingerprint density at radius 1 is 0.958 bits per heavy atom. The van der Waals surface area contributed by atoms with Gasteiger partial charge in [0, 0.05) is 0 Å². The number of rotatable bonds is 9. The molecule has 0 aliphatic rings. The highest BCUT2D eigenvalue weighted by Crippen LogP contribution is 2.16. The smallest absolute Gasteiger partial charge is 0.338 e. The van der Waals surface area contributed by atoms with Crippen LogP contribution >= 0.6 is 0 Å². The van der Waals surface area contributed by atoms with E-state index in [-0.39, 0.29) is 5.97 Å². The molecule has 0 aliphatic heterocycles. The molecule has 0 aromatic heterocycles. The molecule has 0 fully saturated rings. The van der Waals surface area contributed by atoms with Crippen molar-refractivity contribution in [1.29, 1.82) is 0 Å². The number of hydrogen-bond donors (Lipinski definition) is 0. The van der Waals surface area contributed by atoms with Crippen molar-refractivity contribution in [2.75, 3.05) is 6.61 Å². The Morgan fingerprint density at radius 2 is 1.71 bits per heavy atom. The second-order valence-electron chi connectivity index (χ2n) is 5.94. The van der Waals surface area contributed by atoms with Gasteiger partial charge in [0.1, 0.15) is 12.4 Å². The lowest BCUT2D eigenvalue weighted by Gasteiger charge is -2.09. The number of unbranched alkanes of at least 4 members (excludes halogenated alkanes) is 3. The van der Waals surface area contributed by atoms with Crippen LogP contribution in [0, 0.1) is 6.92 Å². The lowest BCUT2D eigenvalue weighted by Crippen LogP contribution is -2.06. The Kier molecular flexibility index (Phi) is 7.34. The average Bonchev–Trinajstić information content (AvgIpc) is 2.61. The Bertz CT molecular complexity index is 632. The molecule has 2 rings (SSSR count). The summed E-state index contributed by atoms with van der Waals surface area (Å²) in [6, 6.07) is 15.3. The van der Waals surface area contributed by atoms with Gasteiger partial charge in [-0.1, -0.05) is 50.5 Å². The maximum absolute atomic E-state index is 11.9. The summed E-state index contributed by atoms with van der Waals surface area (Å²) in [6.07, 6.45) is 4.40. The van der Waals surface area contributed by atoms with Crippen LogP contribution in [0.15, 0.2) is 48.5 Å². The first-order chi connectivity index (χ1) is 11.7. The number of benzene rings is 2. The Hall–Kier alpha value is -2.29. The van der Waals surface area contributed by atoms with Crippen molar-refractivity contribution in [3.05, 3.63) is 65.2 Å². The molecule has 0 saturated carbocycles. The number of hydrogen-bond acceptors (Lipinski definition) is 3. The van der Waals surface area contributed by atoms with E-state index in [2.05, 4.69) is 26.0 Å². The van der Waals surface area contributed by atoms with Crippen LogP contribution in [-0.4, -0.2) is 12.6 Å². The van der Waals surface area contributed by atoms with Crippen molar-refractivity contribution in [1.82, 2.24) is 0 Å². The van der Waals surface area contributed by atoms with Crippen LogP contribution in [0.3, 0.4) is 0 Å². The van der Waals surface area contributed by atoms with E-state index < -0.39 is 0 Å². The van der Waals surface area contributed by atoms with Crippen LogP contribution < -0.4 is 4.74 Å². The zero-order valence-electron chi connectivity index (χ0n) is 14.6. The fourth-order valence-electron chi connectivity index (χ4n) is 2.40. The van der Waals surface area contributed by atoms with Gasteiger partial charge in [-0.15, -0.1) is 0 Å². The predicted molar refractivity (Wildman–Crippen MR) is 96.4 cm³/mol. The van der Waals surface area contributed by atoms with Crippen molar-refractivity contribution < 1.29 is 14.3 Å². The van der Waals surface area contributed by atoms with E-state index in [4.69, 9.17) is 9.47 Å². The quantitative estimate of drug-likeness (QED) is 0.462. The largest absolute Gasteiger partial charge is 0.489 e. The summed E-state index contributed by atoms with van der Waals surface area (Å²) in [4.78, 5) is 11.9. The van der Waals surface area contributed by atoms with Gasteiger partial charge in [0.15, 0.2) is 0 Å². The first-order valence-electron chi connectivity index (χ1n) is 8.65. The van der Waals surface area contributed by atoms with Crippen LogP contribution in [0.5, 0.6) is 5.75 Å². The van der Waals surface area contributed by atoms with E-state index in [0.29, 0.717) is 18.8 Å². The van der Waals surface area contributed by atoms with E-state index in [1.807, 2.05) is 24.3 Å². The maximum Gasteiger partial charge on any atom is 0.338 e. The topological polar surface area (TPSA) is 35.5 Å². The molecule has 24 heavy (non-hydrogen) atoms. The van der Waals surface area contributed by atoms with E-state index in [1.54, 1.807) is 12.1 Å². The fraction of sp³-hybridized carbons (Fsp3) is 0.381. The lowest BCUT2D eigenvalue weighted by molar-refractivity contribution is 0.0498. The lowest BCUT2D eigenvalue weighted by atomic mass is 10.1. The first-order valence-corrected chi connectivity index (χ1v) is 8.65. The Morgan fingerprint density at radius 3 is 2.42 bits per heavy atom. The van der Waals surface area contributed by atoms with E-state index in [9.17, 15) is 4.79 Å². The summed E-state index contributed by atoms with van der Waals surface area (Å²) < 4.78 is 11.1.